The summed E-state index contributed by atoms with van der Waals surface area (Å²) in [6.07, 6.45) is 0. The molecule has 4 rings (SSSR count). The number of nitrogens with one attached hydrogen (secondary N) is 1. The molecule has 4 aromatic carbocycles. The van der Waals surface area contributed by atoms with Crippen LogP contribution in [0, 0.1) is 13.8 Å². The molecule has 0 spiro atoms. The zero-order valence-corrected chi connectivity index (χ0v) is 21.0. The summed E-state index contributed by atoms with van der Waals surface area (Å²) in [4.78, 5) is 13.1. The van der Waals surface area contributed by atoms with E-state index in [-0.39, 0.29) is 18.0 Å². The van der Waals surface area contributed by atoms with Crippen LogP contribution in [0.15, 0.2) is 108 Å². The third kappa shape index (κ3) is 6.59. The number of rotatable bonds is 9. The van der Waals surface area contributed by atoms with E-state index in [1.165, 1.54) is 4.31 Å². The first kappa shape index (κ1) is 25.2. The van der Waals surface area contributed by atoms with Gasteiger partial charge >= 0.3 is 0 Å². The van der Waals surface area contributed by atoms with Gasteiger partial charge in [0.1, 0.15) is 11.5 Å². The van der Waals surface area contributed by atoms with Crippen molar-refractivity contribution in [1.82, 2.24) is 4.31 Å². The number of carbonyl (C=O) groups excluding carboxylic acids is 1. The number of carbonyl (C=O) groups is 1. The lowest BCUT2D eigenvalue weighted by atomic mass is 10.1. The highest BCUT2D eigenvalue weighted by atomic mass is 32.2. The molecule has 7 heteroatoms. The molecule has 184 valence electrons. The number of amides is 1. The molecule has 1 amide bonds. The van der Waals surface area contributed by atoms with E-state index in [9.17, 15) is 13.2 Å². The Bertz CT molecular complexity index is 1400. The fraction of sp³-hybridized carbons (Fsp3) is 0.138. The Morgan fingerprint density at radius 3 is 1.92 bits per heavy atom. The van der Waals surface area contributed by atoms with Gasteiger partial charge < -0.3 is 10.1 Å². The highest BCUT2D eigenvalue weighted by Crippen LogP contribution is 2.23. The third-order valence-corrected chi connectivity index (χ3v) is 7.38. The van der Waals surface area contributed by atoms with Crippen LogP contribution in [0.3, 0.4) is 0 Å². The second-order valence-corrected chi connectivity index (χ2v) is 10.5. The number of aryl methyl sites for hydroxylation is 2. The summed E-state index contributed by atoms with van der Waals surface area (Å²) in [6.45, 7) is 3.61. The molecule has 0 bridgehead atoms. The van der Waals surface area contributed by atoms with Crippen molar-refractivity contribution in [2.75, 3.05) is 11.9 Å². The van der Waals surface area contributed by atoms with Gasteiger partial charge in [0.25, 0.3) is 0 Å². The molecule has 0 heterocycles. The van der Waals surface area contributed by atoms with Crippen LogP contribution in [0.2, 0.25) is 0 Å². The zero-order valence-electron chi connectivity index (χ0n) is 20.2. The Balaban J connectivity index is 1.49. The number of nitrogens with zero attached hydrogens (tertiary/aromatic N) is 1. The zero-order chi connectivity index (χ0) is 25.5. The summed E-state index contributed by atoms with van der Waals surface area (Å²) in [5, 5.41) is 2.79. The van der Waals surface area contributed by atoms with Crippen molar-refractivity contribution < 1.29 is 17.9 Å². The summed E-state index contributed by atoms with van der Waals surface area (Å²) in [5.74, 6) is 0.902. The molecule has 6 nitrogen and oxygen atoms in total. The van der Waals surface area contributed by atoms with Gasteiger partial charge in [0.15, 0.2) is 0 Å². The maximum atomic E-state index is 13.5. The number of anilines is 1. The number of hydrogen-bond donors (Lipinski definition) is 1. The van der Waals surface area contributed by atoms with Crippen LogP contribution in [-0.2, 0) is 21.4 Å². The van der Waals surface area contributed by atoms with E-state index in [0.717, 1.165) is 16.7 Å². The Labute approximate surface area is 212 Å². The van der Waals surface area contributed by atoms with Gasteiger partial charge in [0.2, 0.25) is 15.9 Å². The largest absolute Gasteiger partial charge is 0.457 e. The summed E-state index contributed by atoms with van der Waals surface area (Å²) < 4.78 is 33.9. The molecule has 0 saturated carbocycles. The van der Waals surface area contributed by atoms with Gasteiger partial charge in [-0.3, -0.25) is 4.79 Å². The first-order chi connectivity index (χ1) is 17.3. The summed E-state index contributed by atoms with van der Waals surface area (Å²) in [5.41, 5.74) is 3.37. The monoisotopic (exact) mass is 500 g/mol. The minimum Gasteiger partial charge on any atom is -0.457 e. The molecule has 4 aromatic rings. The second-order valence-electron chi connectivity index (χ2n) is 8.56. The molecule has 0 atom stereocenters. The lowest BCUT2D eigenvalue weighted by Gasteiger charge is -2.22. The molecule has 0 aliphatic rings. The van der Waals surface area contributed by atoms with Gasteiger partial charge in [0, 0.05) is 12.2 Å². The maximum absolute atomic E-state index is 13.5. The molecular weight excluding hydrogens is 472 g/mol. The lowest BCUT2D eigenvalue weighted by molar-refractivity contribution is -0.116. The van der Waals surface area contributed by atoms with Crippen LogP contribution in [0.25, 0.3) is 0 Å². The number of ether oxygens (including phenoxy) is 1. The van der Waals surface area contributed by atoms with E-state index in [1.54, 1.807) is 48.5 Å². The van der Waals surface area contributed by atoms with Crippen molar-refractivity contribution in [1.29, 1.82) is 0 Å². The predicted octanol–water partition coefficient (Wildman–Crippen LogP) is 5.93. The fourth-order valence-electron chi connectivity index (χ4n) is 3.57. The van der Waals surface area contributed by atoms with Gasteiger partial charge in [0.05, 0.1) is 11.4 Å². The minimum atomic E-state index is -3.90. The highest BCUT2D eigenvalue weighted by molar-refractivity contribution is 7.89. The van der Waals surface area contributed by atoms with E-state index < -0.39 is 15.9 Å². The van der Waals surface area contributed by atoms with E-state index in [0.29, 0.717) is 17.2 Å². The lowest BCUT2D eigenvalue weighted by Crippen LogP contribution is -2.37. The Kier molecular flexibility index (Phi) is 7.83. The average molecular weight is 501 g/mol. The van der Waals surface area contributed by atoms with Crippen LogP contribution in [0.1, 0.15) is 16.7 Å². The van der Waals surface area contributed by atoms with Crippen molar-refractivity contribution in [3.05, 3.63) is 120 Å². The molecule has 0 aliphatic carbocycles. The minimum absolute atomic E-state index is 0.0771. The van der Waals surface area contributed by atoms with Crippen LogP contribution in [0.4, 0.5) is 5.69 Å². The summed E-state index contributed by atoms with van der Waals surface area (Å²) in [7, 11) is -3.90. The van der Waals surface area contributed by atoms with Gasteiger partial charge in [-0.05, 0) is 67.9 Å². The third-order valence-electron chi connectivity index (χ3n) is 5.58. The number of sulfonamides is 1. The van der Waals surface area contributed by atoms with Gasteiger partial charge in [-0.15, -0.1) is 0 Å². The molecule has 0 fully saturated rings. The SMILES string of the molecule is Cc1ccc(CN(CC(=O)Nc2ccc(Oc3ccccc3)cc2)S(=O)(=O)c2ccc(C)cc2)cc1. The molecule has 0 aliphatic heterocycles. The average Bonchev–Trinajstić information content (AvgIpc) is 2.87. The van der Waals surface area contributed by atoms with Gasteiger partial charge in [-0.1, -0.05) is 65.7 Å². The normalized spacial score (nSPS) is 11.3. The summed E-state index contributed by atoms with van der Waals surface area (Å²) in [6, 6.07) is 30.5. The van der Waals surface area contributed by atoms with E-state index >= 15 is 0 Å². The second kappa shape index (κ2) is 11.2. The molecule has 36 heavy (non-hydrogen) atoms. The van der Waals surface area contributed by atoms with E-state index in [1.807, 2.05) is 68.4 Å². The molecule has 0 radical (unpaired) electrons. The van der Waals surface area contributed by atoms with Crippen LogP contribution < -0.4 is 10.1 Å². The van der Waals surface area contributed by atoms with Crippen molar-refractivity contribution in [3.63, 3.8) is 0 Å². The molecule has 0 unspecified atom stereocenters. The molecule has 0 aromatic heterocycles. The van der Waals surface area contributed by atoms with Crippen molar-refractivity contribution >= 4 is 21.6 Å². The van der Waals surface area contributed by atoms with Crippen LogP contribution in [-0.4, -0.2) is 25.2 Å². The highest BCUT2D eigenvalue weighted by Gasteiger charge is 2.27. The van der Waals surface area contributed by atoms with Gasteiger partial charge in [-0.2, -0.15) is 4.31 Å². The topological polar surface area (TPSA) is 75.7 Å². The van der Waals surface area contributed by atoms with Gasteiger partial charge in [-0.25, -0.2) is 8.42 Å². The van der Waals surface area contributed by atoms with Crippen molar-refractivity contribution in [2.45, 2.75) is 25.3 Å². The Morgan fingerprint density at radius 1 is 0.750 bits per heavy atom. The Hall–Kier alpha value is -3.94. The quantitative estimate of drug-likeness (QED) is 0.309. The first-order valence-corrected chi connectivity index (χ1v) is 13.0. The van der Waals surface area contributed by atoms with E-state index in [2.05, 4.69) is 5.32 Å². The summed E-state index contributed by atoms with van der Waals surface area (Å²) >= 11 is 0. The predicted molar refractivity (Wildman–Crippen MR) is 142 cm³/mol. The van der Waals surface area contributed by atoms with Crippen LogP contribution in [0.5, 0.6) is 11.5 Å². The number of benzene rings is 4. The van der Waals surface area contributed by atoms with Crippen molar-refractivity contribution in [3.8, 4) is 11.5 Å². The standard InChI is InChI=1S/C29H28N2O4S/c1-22-8-12-24(13-9-22)20-31(36(33,34)28-18-10-23(2)11-19-28)21-29(32)30-25-14-16-27(17-15-25)35-26-6-4-3-5-7-26/h3-19H,20-21H2,1-2H3,(H,30,32). The Morgan fingerprint density at radius 2 is 1.31 bits per heavy atom. The molecular formula is C29H28N2O4S. The van der Waals surface area contributed by atoms with Crippen molar-refractivity contribution in [2.24, 2.45) is 0 Å². The van der Waals surface area contributed by atoms with E-state index in [4.69, 9.17) is 4.74 Å². The fourth-order valence-corrected chi connectivity index (χ4v) is 4.96. The van der Waals surface area contributed by atoms with Crippen LogP contribution >= 0.6 is 0 Å². The first-order valence-electron chi connectivity index (χ1n) is 11.5. The number of para-hydroxylation sites is 1. The maximum Gasteiger partial charge on any atom is 0.243 e. The molecule has 0 saturated heterocycles. The molecule has 1 N–H and O–H groups in total. The number of hydrogen-bond acceptors (Lipinski definition) is 4. The smallest absolute Gasteiger partial charge is 0.243 e.